The zero-order chi connectivity index (χ0) is 18.9. The van der Waals surface area contributed by atoms with E-state index in [9.17, 15) is 4.79 Å². The van der Waals surface area contributed by atoms with E-state index in [0.29, 0.717) is 35.1 Å². The molecular formula is C20H26ClN4O+. The molecule has 1 fully saturated rings. The average Bonchev–Trinajstić information content (AvgIpc) is 2.61. The van der Waals surface area contributed by atoms with E-state index in [4.69, 9.17) is 17.3 Å². The van der Waals surface area contributed by atoms with Crippen LogP contribution in [0.4, 0.5) is 16.3 Å². The molecule has 0 bridgehead atoms. The number of nitrogens with zero attached hydrogens (tertiary/aromatic N) is 3. The molecule has 3 rings (SSSR count). The molecule has 2 heterocycles. The minimum atomic E-state index is -0.377. The van der Waals surface area contributed by atoms with Gasteiger partial charge in [0.25, 0.3) is 5.82 Å². The number of carbonyl (C=O) groups is 1. The number of benzene rings is 1. The van der Waals surface area contributed by atoms with Crippen LogP contribution in [0.2, 0.25) is 5.02 Å². The Morgan fingerprint density at radius 2 is 2.00 bits per heavy atom. The van der Waals surface area contributed by atoms with E-state index in [2.05, 4.69) is 43.1 Å². The lowest BCUT2D eigenvalue weighted by molar-refractivity contribution is 0.135. The number of aromatic nitrogens is 1. The molecule has 2 atom stereocenters. The fraction of sp³-hybridized carbons (Fsp3) is 0.400. The third-order valence-electron chi connectivity index (χ3n) is 5.31. The van der Waals surface area contributed by atoms with Gasteiger partial charge >= 0.3 is 6.03 Å². The summed E-state index contributed by atoms with van der Waals surface area (Å²) in [6, 6.07) is 12.0. The van der Waals surface area contributed by atoms with Gasteiger partial charge < -0.3 is 10.6 Å². The molecule has 2 amide bonds. The maximum absolute atomic E-state index is 11.7. The second-order valence-electron chi connectivity index (χ2n) is 7.31. The van der Waals surface area contributed by atoms with Crippen LogP contribution >= 0.6 is 11.6 Å². The number of hydrogen-bond acceptors (Lipinski definition) is 2. The largest absolute Gasteiger partial charge is 0.351 e. The molecule has 6 heteroatoms. The van der Waals surface area contributed by atoms with E-state index in [1.165, 1.54) is 5.56 Å². The molecule has 1 unspecified atom stereocenters. The van der Waals surface area contributed by atoms with Crippen molar-refractivity contribution < 1.29 is 4.79 Å². The summed E-state index contributed by atoms with van der Waals surface area (Å²) in [5, 5.41) is 0.639. The summed E-state index contributed by atoms with van der Waals surface area (Å²) in [5.41, 5.74) is 7.97. The first-order valence-corrected chi connectivity index (χ1v) is 9.37. The Kier molecular flexibility index (Phi) is 5.21. The van der Waals surface area contributed by atoms with E-state index in [1.807, 2.05) is 19.1 Å². The van der Waals surface area contributed by atoms with Crippen LogP contribution in [-0.2, 0) is 0 Å². The Morgan fingerprint density at radius 3 is 2.54 bits per heavy atom. The van der Waals surface area contributed by atoms with Crippen LogP contribution in [0.3, 0.4) is 0 Å². The van der Waals surface area contributed by atoms with Crippen LogP contribution in [0.25, 0.3) is 0 Å². The second kappa shape index (κ2) is 7.25. The standard InChI is InChI=1S/C20H25ClN4O/c1-14(2)16-6-8-17(9-7-16)25(19-18(21)5-4-10-23-19)12-11-24(20(22)26)15(3)13-25/h4-10,14-15H,11-13H2,1-3H3,(H-,22,26)/p+1/t15-,25?/m1/s1. The lowest BCUT2D eigenvalue weighted by Crippen LogP contribution is -2.63. The van der Waals surface area contributed by atoms with Crippen LogP contribution in [-0.4, -0.2) is 41.6 Å². The molecule has 2 N–H and O–H groups in total. The first kappa shape index (κ1) is 18.7. The number of halogens is 1. The summed E-state index contributed by atoms with van der Waals surface area (Å²) in [4.78, 5) is 18.1. The summed E-state index contributed by atoms with van der Waals surface area (Å²) in [5.74, 6) is 1.30. The van der Waals surface area contributed by atoms with E-state index >= 15 is 0 Å². The second-order valence-corrected chi connectivity index (χ2v) is 7.72. The molecule has 26 heavy (non-hydrogen) atoms. The predicted molar refractivity (Wildman–Crippen MR) is 107 cm³/mol. The van der Waals surface area contributed by atoms with Crippen molar-refractivity contribution in [1.82, 2.24) is 14.4 Å². The molecular weight excluding hydrogens is 348 g/mol. The van der Waals surface area contributed by atoms with Crippen molar-refractivity contribution in [3.63, 3.8) is 0 Å². The zero-order valence-electron chi connectivity index (χ0n) is 15.5. The Bertz CT molecular complexity index is 793. The van der Waals surface area contributed by atoms with Gasteiger partial charge in [-0.3, -0.25) is 0 Å². The van der Waals surface area contributed by atoms with Crippen LogP contribution in [0.15, 0.2) is 42.6 Å². The van der Waals surface area contributed by atoms with Crippen molar-refractivity contribution in [3.8, 4) is 0 Å². The van der Waals surface area contributed by atoms with Gasteiger partial charge in [0.2, 0.25) is 0 Å². The lowest BCUT2D eigenvalue weighted by Gasteiger charge is -2.46. The third kappa shape index (κ3) is 3.29. The summed E-state index contributed by atoms with van der Waals surface area (Å²) in [6.45, 7) is 8.32. The number of urea groups is 1. The molecule has 0 radical (unpaired) electrons. The molecule has 1 aromatic carbocycles. The number of carbonyl (C=O) groups excluding carboxylic acids is 1. The van der Waals surface area contributed by atoms with E-state index in [1.54, 1.807) is 11.1 Å². The number of nitrogens with two attached hydrogens (primary N) is 1. The van der Waals surface area contributed by atoms with Gasteiger partial charge in [-0.15, -0.1) is 0 Å². The summed E-state index contributed by atoms with van der Waals surface area (Å²) < 4.78 is 0.517. The first-order valence-electron chi connectivity index (χ1n) is 9.00. The van der Waals surface area contributed by atoms with Gasteiger partial charge in [-0.2, -0.15) is 0 Å². The maximum Gasteiger partial charge on any atom is 0.315 e. The quantitative estimate of drug-likeness (QED) is 0.816. The molecule has 1 aliphatic heterocycles. The number of amides is 2. The summed E-state index contributed by atoms with van der Waals surface area (Å²) >= 11 is 6.54. The number of hydrogen-bond donors (Lipinski definition) is 1. The molecule has 5 nitrogen and oxygen atoms in total. The van der Waals surface area contributed by atoms with Gasteiger partial charge in [-0.25, -0.2) is 14.3 Å². The molecule has 1 aliphatic rings. The molecule has 0 saturated carbocycles. The summed E-state index contributed by atoms with van der Waals surface area (Å²) in [7, 11) is 0. The highest BCUT2D eigenvalue weighted by molar-refractivity contribution is 6.32. The molecule has 0 spiro atoms. The smallest absolute Gasteiger partial charge is 0.315 e. The van der Waals surface area contributed by atoms with Crippen molar-refractivity contribution in [2.75, 3.05) is 19.6 Å². The van der Waals surface area contributed by atoms with Crippen molar-refractivity contribution in [2.24, 2.45) is 5.73 Å². The van der Waals surface area contributed by atoms with Crippen LogP contribution < -0.4 is 10.2 Å². The number of primary amides is 1. The van der Waals surface area contributed by atoms with Gasteiger partial charge in [-0.1, -0.05) is 37.6 Å². The number of rotatable bonds is 3. The molecule has 138 valence electrons. The zero-order valence-corrected chi connectivity index (χ0v) is 16.3. The highest BCUT2D eigenvalue weighted by Gasteiger charge is 2.44. The van der Waals surface area contributed by atoms with Crippen molar-refractivity contribution >= 4 is 29.1 Å². The highest BCUT2D eigenvalue weighted by atomic mass is 35.5. The Labute approximate surface area is 160 Å². The maximum atomic E-state index is 11.7. The summed E-state index contributed by atoms with van der Waals surface area (Å²) in [6.07, 6.45) is 1.77. The van der Waals surface area contributed by atoms with E-state index < -0.39 is 0 Å². The normalized spacial score (nSPS) is 23.3. The third-order valence-corrected chi connectivity index (χ3v) is 5.61. The van der Waals surface area contributed by atoms with E-state index in [0.717, 1.165) is 11.5 Å². The SMILES string of the molecule is CC(C)c1ccc([N+]2(c3ncccc3Cl)CCN(C(N)=O)[C@H](C)C2)cc1. The molecule has 0 aliphatic carbocycles. The van der Waals surface area contributed by atoms with Crippen LogP contribution in [0, 0.1) is 0 Å². The number of pyridine rings is 1. The first-order chi connectivity index (χ1) is 12.3. The topological polar surface area (TPSA) is 59.2 Å². The van der Waals surface area contributed by atoms with Crippen molar-refractivity contribution in [2.45, 2.75) is 32.7 Å². The van der Waals surface area contributed by atoms with Gasteiger partial charge in [0.15, 0.2) is 0 Å². The van der Waals surface area contributed by atoms with Crippen LogP contribution in [0.1, 0.15) is 32.3 Å². The van der Waals surface area contributed by atoms with Gasteiger partial charge in [0.1, 0.15) is 23.8 Å². The average molecular weight is 374 g/mol. The van der Waals surface area contributed by atoms with Gasteiger partial charge in [0, 0.05) is 6.20 Å². The minimum Gasteiger partial charge on any atom is -0.351 e. The van der Waals surface area contributed by atoms with Crippen molar-refractivity contribution in [1.29, 1.82) is 0 Å². The number of piperazine rings is 1. The fourth-order valence-corrected chi connectivity index (χ4v) is 4.14. The predicted octanol–water partition coefficient (Wildman–Crippen LogP) is 4.28. The Balaban J connectivity index is 2.09. The lowest BCUT2D eigenvalue weighted by atomic mass is 10.0. The Hall–Kier alpha value is -2.11. The highest BCUT2D eigenvalue weighted by Crippen LogP contribution is 2.40. The monoisotopic (exact) mass is 373 g/mol. The van der Waals surface area contributed by atoms with Gasteiger partial charge in [0.05, 0.1) is 12.6 Å². The Morgan fingerprint density at radius 1 is 1.31 bits per heavy atom. The number of quaternary nitrogens is 1. The van der Waals surface area contributed by atoms with Crippen molar-refractivity contribution in [3.05, 3.63) is 53.2 Å². The van der Waals surface area contributed by atoms with E-state index in [-0.39, 0.29) is 12.1 Å². The molecule has 1 aromatic heterocycles. The molecule has 1 saturated heterocycles. The van der Waals surface area contributed by atoms with Gasteiger partial charge in [-0.05, 0) is 42.7 Å². The fourth-order valence-electron chi connectivity index (χ4n) is 3.85. The molecule has 2 aromatic rings. The van der Waals surface area contributed by atoms with Crippen LogP contribution in [0.5, 0.6) is 0 Å². The minimum absolute atomic E-state index is 0.0101.